The van der Waals surface area contributed by atoms with Gasteiger partial charge in [0, 0.05) is 12.6 Å². The third-order valence-electron chi connectivity index (χ3n) is 2.28. The summed E-state index contributed by atoms with van der Waals surface area (Å²) in [6, 6.07) is 5.24. The molecule has 0 radical (unpaired) electrons. The van der Waals surface area contributed by atoms with Gasteiger partial charge in [0.05, 0.1) is 12.2 Å². The Morgan fingerprint density at radius 3 is 3.07 bits per heavy atom. The van der Waals surface area contributed by atoms with Gasteiger partial charge in [-0.25, -0.2) is 0 Å². The Bertz CT molecular complexity index is 378. The first kappa shape index (κ1) is 9.34. The van der Waals surface area contributed by atoms with E-state index in [4.69, 9.17) is 16.3 Å². The van der Waals surface area contributed by atoms with E-state index in [0.29, 0.717) is 12.2 Å². The van der Waals surface area contributed by atoms with E-state index in [1.165, 1.54) is 0 Å². The molecular weight excluding hydrogens is 202 g/mol. The van der Waals surface area contributed by atoms with Gasteiger partial charge in [-0.1, -0.05) is 0 Å². The Balaban J connectivity index is 2.44. The van der Waals surface area contributed by atoms with Gasteiger partial charge in [-0.2, -0.15) is 0 Å². The lowest BCUT2D eigenvalue weighted by Gasteiger charge is -2.27. The highest BCUT2D eigenvalue weighted by molar-refractivity contribution is 6.67. The highest BCUT2D eigenvalue weighted by Crippen LogP contribution is 2.31. The maximum absolute atomic E-state index is 10.9. The lowest BCUT2D eigenvalue weighted by Crippen LogP contribution is -2.28. The minimum absolute atomic E-state index is 0.454. The van der Waals surface area contributed by atoms with Crippen LogP contribution in [-0.2, 0) is 0 Å². The van der Waals surface area contributed by atoms with Crippen LogP contribution in [0.2, 0.25) is 0 Å². The van der Waals surface area contributed by atoms with Crippen molar-refractivity contribution >= 4 is 22.5 Å². The molecule has 0 saturated carbocycles. The van der Waals surface area contributed by atoms with Gasteiger partial charge in [0.1, 0.15) is 12.4 Å². The first-order chi connectivity index (χ1) is 6.68. The zero-order chi connectivity index (χ0) is 10.1. The van der Waals surface area contributed by atoms with E-state index < -0.39 is 5.24 Å². The Kier molecular flexibility index (Phi) is 2.33. The molecule has 14 heavy (non-hydrogen) atoms. The molecule has 4 heteroatoms. The monoisotopic (exact) mass is 211 g/mol. The van der Waals surface area contributed by atoms with Crippen molar-refractivity contribution in [3.05, 3.63) is 23.8 Å². The summed E-state index contributed by atoms with van der Waals surface area (Å²) >= 11 is 5.37. The second kappa shape index (κ2) is 3.50. The molecular formula is C10H10ClNO2. The number of anilines is 1. The topological polar surface area (TPSA) is 29.5 Å². The maximum Gasteiger partial charge on any atom is 0.252 e. The number of likely N-dealkylation sites (N-methyl/N-ethyl adjacent to an activating group) is 1. The first-order valence-corrected chi connectivity index (χ1v) is 4.74. The molecule has 0 unspecified atom stereocenters. The number of hydrogen-bond acceptors (Lipinski definition) is 3. The number of rotatable bonds is 1. The zero-order valence-electron chi connectivity index (χ0n) is 7.79. The van der Waals surface area contributed by atoms with Crippen molar-refractivity contribution in [2.75, 3.05) is 25.1 Å². The van der Waals surface area contributed by atoms with Gasteiger partial charge in [0.2, 0.25) is 0 Å². The van der Waals surface area contributed by atoms with E-state index in [2.05, 4.69) is 4.90 Å². The average molecular weight is 212 g/mol. The number of halogens is 1. The van der Waals surface area contributed by atoms with Crippen molar-refractivity contribution in [2.24, 2.45) is 0 Å². The van der Waals surface area contributed by atoms with Crippen LogP contribution in [0.5, 0.6) is 5.75 Å². The third-order valence-corrected chi connectivity index (χ3v) is 2.50. The molecule has 1 aliphatic rings. The fraction of sp³-hybridized carbons (Fsp3) is 0.300. The summed E-state index contributed by atoms with van der Waals surface area (Å²) in [5, 5.41) is -0.454. The van der Waals surface area contributed by atoms with Crippen molar-refractivity contribution in [3.8, 4) is 5.75 Å². The smallest absolute Gasteiger partial charge is 0.252 e. The number of benzene rings is 1. The van der Waals surface area contributed by atoms with Gasteiger partial charge in [0.15, 0.2) is 0 Å². The number of nitrogens with zero attached hydrogens (tertiary/aromatic N) is 1. The second-order valence-corrected chi connectivity index (χ2v) is 3.57. The van der Waals surface area contributed by atoms with Crippen molar-refractivity contribution < 1.29 is 9.53 Å². The Hall–Kier alpha value is -1.22. The molecule has 1 aliphatic heterocycles. The minimum Gasteiger partial charge on any atom is -0.490 e. The molecule has 0 fully saturated rings. The Labute approximate surface area is 87.2 Å². The van der Waals surface area contributed by atoms with E-state index in [-0.39, 0.29) is 0 Å². The van der Waals surface area contributed by atoms with Crippen LogP contribution in [0.3, 0.4) is 0 Å². The summed E-state index contributed by atoms with van der Waals surface area (Å²) in [4.78, 5) is 13.0. The van der Waals surface area contributed by atoms with Gasteiger partial charge in [-0.05, 0) is 29.8 Å². The molecule has 0 bridgehead atoms. The molecule has 2 rings (SSSR count). The largest absolute Gasteiger partial charge is 0.490 e. The lowest BCUT2D eigenvalue weighted by molar-refractivity contribution is 0.108. The fourth-order valence-electron chi connectivity index (χ4n) is 1.48. The number of hydrogen-bond donors (Lipinski definition) is 0. The van der Waals surface area contributed by atoms with Crippen LogP contribution >= 0.6 is 11.6 Å². The molecule has 0 aliphatic carbocycles. The zero-order valence-corrected chi connectivity index (χ0v) is 8.54. The van der Waals surface area contributed by atoms with Crippen LogP contribution in [0, 0.1) is 0 Å². The standard InChI is InChI=1S/C10H10ClNO2/c1-12-4-5-14-9-6-7(10(11)13)2-3-8(9)12/h2-3,6H,4-5H2,1H3. The summed E-state index contributed by atoms with van der Waals surface area (Å²) < 4.78 is 5.43. The van der Waals surface area contributed by atoms with Crippen LogP contribution < -0.4 is 9.64 Å². The lowest BCUT2D eigenvalue weighted by atomic mass is 10.2. The van der Waals surface area contributed by atoms with Gasteiger partial charge < -0.3 is 9.64 Å². The number of carbonyl (C=O) groups excluding carboxylic acids is 1. The van der Waals surface area contributed by atoms with Gasteiger partial charge >= 0.3 is 0 Å². The van der Waals surface area contributed by atoms with E-state index in [9.17, 15) is 4.79 Å². The number of fused-ring (bicyclic) bond motifs is 1. The molecule has 0 N–H and O–H groups in total. The number of ether oxygens (including phenoxy) is 1. The summed E-state index contributed by atoms with van der Waals surface area (Å²) in [6.07, 6.45) is 0. The quantitative estimate of drug-likeness (QED) is 0.665. The Morgan fingerprint density at radius 1 is 1.57 bits per heavy atom. The fourth-order valence-corrected chi connectivity index (χ4v) is 1.60. The van der Waals surface area contributed by atoms with Crippen LogP contribution in [0.4, 0.5) is 5.69 Å². The van der Waals surface area contributed by atoms with Crippen LogP contribution in [0.25, 0.3) is 0 Å². The van der Waals surface area contributed by atoms with Crippen LogP contribution in [0.1, 0.15) is 10.4 Å². The van der Waals surface area contributed by atoms with Crippen molar-refractivity contribution in [1.29, 1.82) is 0 Å². The van der Waals surface area contributed by atoms with Crippen LogP contribution in [0.15, 0.2) is 18.2 Å². The molecule has 0 saturated heterocycles. The van der Waals surface area contributed by atoms with E-state index in [0.717, 1.165) is 18.0 Å². The average Bonchev–Trinajstić information content (AvgIpc) is 2.17. The maximum atomic E-state index is 10.9. The first-order valence-electron chi connectivity index (χ1n) is 4.36. The van der Waals surface area contributed by atoms with E-state index >= 15 is 0 Å². The molecule has 0 spiro atoms. The van der Waals surface area contributed by atoms with Crippen molar-refractivity contribution in [3.63, 3.8) is 0 Å². The molecule has 3 nitrogen and oxygen atoms in total. The van der Waals surface area contributed by atoms with Gasteiger partial charge in [0.25, 0.3) is 5.24 Å². The predicted octanol–water partition coefficient (Wildman–Crippen LogP) is 1.89. The summed E-state index contributed by atoms with van der Waals surface area (Å²) in [7, 11) is 1.99. The minimum atomic E-state index is -0.454. The van der Waals surface area contributed by atoms with Crippen LogP contribution in [-0.4, -0.2) is 25.4 Å². The van der Waals surface area contributed by atoms with Gasteiger partial charge in [-0.3, -0.25) is 4.79 Å². The van der Waals surface area contributed by atoms with E-state index in [1.807, 2.05) is 13.1 Å². The number of carbonyl (C=O) groups is 1. The van der Waals surface area contributed by atoms with E-state index in [1.54, 1.807) is 12.1 Å². The normalized spacial score (nSPS) is 14.6. The highest BCUT2D eigenvalue weighted by atomic mass is 35.5. The molecule has 0 amide bonds. The predicted molar refractivity (Wildman–Crippen MR) is 55.4 cm³/mol. The summed E-state index contributed by atoms with van der Waals surface area (Å²) in [5.41, 5.74) is 1.47. The third kappa shape index (κ3) is 1.55. The van der Waals surface area contributed by atoms with Crippen molar-refractivity contribution in [1.82, 2.24) is 0 Å². The second-order valence-electron chi connectivity index (χ2n) is 3.23. The van der Waals surface area contributed by atoms with Crippen molar-refractivity contribution in [2.45, 2.75) is 0 Å². The molecule has 0 aromatic heterocycles. The summed E-state index contributed by atoms with van der Waals surface area (Å²) in [6.45, 7) is 1.50. The molecule has 0 atom stereocenters. The molecule has 1 aromatic carbocycles. The molecule has 1 heterocycles. The molecule has 1 aromatic rings. The Morgan fingerprint density at radius 2 is 2.36 bits per heavy atom. The highest BCUT2D eigenvalue weighted by Gasteiger charge is 2.16. The van der Waals surface area contributed by atoms with Gasteiger partial charge in [-0.15, -0.1) is 0 Å². The SMILES string of the molecule is CN1CCOc2cc(C(=O)Cl)ccc21. The summed E-state index contributed by atoms with van der Waals surface area (Å²) in [5.74, 6) is 0.727. The molecule has 74 valence electrons.